The number of hydrogen-bond acceptors (Lipinski definition) is 2. The van der Waals surface area contributed by atoms with Gasteiger partial charge >= 0.3 is 0 Å². The summed E-state index contributed by atoms with van der Waals surface area (Å²) in [6.45, 7) is 5.19. The van der Waals surface area contributed by atoms with Crippen LogP contribution >= 0.6 is 0 Å². The normalized spacial score (nSPS) is 17.6. The largest absolute Gasteiger partial charge is 0.491 e. The van der Waals surface area contributed by atoms with Gasteiger partial charge in [-0.3, -0.25) is 0 Å². The van der Waals surface area contributed by atoms with Gasteiger partial charge < -0.3 is 10.1 Å². The van der Waals surface area contributed by atoms with Crippen LogP contribution in [0, 0.1) is 0 Å². The van der Waals surface area contributed by atoms with E-state index in [9.17, 15) is 0 Å². The van der Waals surface area contributed by atoms with Gasteiger partial charge in [0.1, 0.15) is 5.75 Å². The van der Waals surface area contributed by atoms with Crippen molar-refractivity contribution in [1.29, 1.82) is 0 Å². The highest BCUT2D eigenvalue weighted by Crippen LogP contribution is 2.29. The zero-order chi connectivity index (χ0) is 14.7. The Morgan fingerprint density at radius 1 is 1.14 bits per heavy atom. The van der Waals surface area contributed by atoms with Crippen LogP contribution in [0.3, 0.4) is 0 Å². The van der Waals surface area contributed by atoms with Crippen molar-refractivity contribution < 1.29 is 4.74 Å². The number of benzene rings is 2. The van der Waals surface area contributed by atoms with Crippen LogP contribution in [0.4, 0.5) is 0 Å². The van der Waals surface area contributed by atoms with Gasteiger partial charge in [-0.05, 0) is 62.1 Å². The molecule has 2 heteroatoms. The van der Waals surface area contributed by atoms with Crippen molar-refractivity contribution in [1.82, 2.24) is 5.32 Å². The third kappa shape index (κ3) is 3.45. The third-order valence-electron chi connectivity index (χ3n) is 3.93. The fraction of sp³-hybridized carbons (Fsp3) is 0.368. The average Bonchev–Trinajstić information content (AvgIpc) is 2.48. The van der Waals surface area contributed by atoms with E-state index < -0.39 is 0 Å². The summed E-state index contributed by atoms with van der Waals surface area (Å²) < 4.78 is 5.85. The van der Waals surface area contributed by atoms with E-state index in [4.69, 9.17) is 4.74 Å². The van der Waals surface area contributed by atoms with Crippen molar-refractivity contribution in [2.24, 2.45) is 0 Å². The maximum absolute atomic E-state index is 5.85. The second-order valence-corrected chi connectivity index (χ2v) is 5.97. The number of rotatable bonds is 4. The Morgan fingerprint density at radius 2 is 1.95 bits per heavy atom. The Bertz CT molecular complexity index is 592. The van der Waals surface area contributed by atoms with Gasteiger partial charge in [0.2, 0.25) is 0 Å². The average molecular weight is 281 g/mol. The number of fused-ring (bicyclic) bond motifs is 1. The first kappa shape index (κ1) is 14.2. The molecule has 0 saturated heterocycles. The molecular weight excluding hydrogens is 258 g/mol. The zero-order valence-electron chi connectivity index (χ0n) is 12.8. The van der Waals surface area contributed by atoms with Crippen molar-refractivity contribution in [3.63, 3.8) is 0 Å². The van der Waals surface area contributed by atoms with Crippen LogP contribution in [-0.2, 0) is 12.8 Å². The molecule has 1 unspecified atom stereocenters. The smallest absolute Gasteiger partial charge is 0.120 e. The SMILES string of the molecule is CC(C)Oc1ccc2c(c1)C(Cc1ccccc1)NCC2. The van der Waals surface area contributed by atoms with Crippen LogP contribution in [0.1, 0.15) is 36.6 Å². The first-order valence-electron chi connectivity index (χ1n) is 7.79. The summed E-state index contributed by atoms with van der Waals surface area (Å²) in [6.07, 6.45) is 2.34. The highest BCUT2D eigenvalue weighted by Gasteiger charge is 2.20. The van der Waals surface area contributed by atoms with Gasteiger partial charge in [-0.2, -0.15) is 0 Å². The molecule has 2 aromatic carbocycles. The molecule has 1 heterocycles. The van der Waals surface area contributed by atoms with Crippen molar-refractivity contribution >= 4 is 0 Å². The molecule has 1 aliphatic rings. The van der Waals surface area contributed by atoms with Crippen molar-refractivity contribution in [2.45, 2.75) is 38.8 Å². The molecule has 0 aliphatic carbocycles. The first-order valence-corrected chi connectivity index (χ1v) is 7.79. The highest BCUT2D eigenvalue weighted by atomic mass is 16.5. The van der Waals surface area contributed by atoms with Gasteiger partial charge in [-0.15, -0.1) is 0 Å². The van der Waals surface area contributed by atoms with E-state index in [2.05, 4.69) is 67.7 Å². The third-order valence-corrected chi connectivity index (χ3v) is 3.93. The van der Waals surface area contributed by atoms with E-state index in [0.29, 0.717) is 6.04 Å². The van der Waals surface area contributed by atoms with E-state index in [-0.39, 0.29) is 6.10 Å². The first-order chi connectivity index (χ1) is 10.2. The predicted molar refractivity (Wildman–Crippen MR) is 86.8 cm³/mol. The van der Waals surface area contributed by atoms with Crippen LogP contribution in [0.25, 0.3) is 0 Å². The summed E-state index contributed by atoms with van der Waals surface area (Å²) in [6, 6.07) is 17.6. The summed E-state index contributed by atoms with van der Waals surface area (Å²) >= 11 is 0. The molecule has 2 aromatic rings. The fourth-order valence-electron chi connectivity index (χ4n) is 2.99. The van der Waals surface area contributed by atoms with E-state index in [1.54, 1.807) is 0 Å². The summed E-state index contributed by atoms with van der Waals surface area (Å²) in [5, 5.41) is 3.65. The van der Waals surface area contributed by atoms with E-state index in [1.807, 2.05) is 0 Å². The van der Waals surface area contributed by atoms with Crippen LogP contribution in [-0.4, -0.2) is 12.6 Å². The lowest BCUT2D eigenvalue weighted by molar-refractivity contribution is 0.241. The molecule has 3 rings (SSSR count). The molecular formula is C19H23NO. The maximum Gasteiger partial charge on any atom is 0.120 e. The Morgan fingerprint density at radius 3 is 2.71 bits per heavy atom. The second kappa shape index (κ2) is 6.31. The molecule has 21 heavy (non-hydrogen) atoms. The summed E-state index contributed by atoms with van der Waals surface area (Å²) in [7, 11) is 0. The summed E-state index contributed by atoms with van der Waals surface area (Å²) in [5.74, 6) is 0.977. The van der Waals surface area contributed by atoms with E-state index >= 15 is 0 Å². The maximum atomic E-state index is 5.85. The number of ether oxygens (including phenoxy) is 1. The molecule has 0 spiro atoms. The monoisotopic (exact) mass is 281 g/mol. The lowest BCUT2D eigenvalue weighted by atomic mass is 9.90. The minimum Gasteiger partial charge on any atom is -0.491 e. The van der Waals surface area contributed by atoms with Crippen LogP contribution < -0.4 is 10.1 Å². The predicted octanol–water partition coefficient (Wildman–Crippen LogP) is 3.90. The lowest BCUT2D eigenvalue weighted by Crippen LogP contribution is -2.31. The molecule has 0 amide bonds. The molecule has 0 saturated carbocycles. The fourth-order valence-corrected chi connectivity index (χ4v) is 2.99. The molecule has 2 nitrogen and oxygen atoms in total. The lowest BCUT2D eigenvalue weighted by Gasteiger charge is -2.28. The molecule has 110 valence electrons. The molecule has 0 radical (unpaired) electrons. The molecule has 1 atom stereocenters. The minimum absolute atomic E-state index is 0.215. The second-order valence-electron chi connectivity index (χ2n) is 5.97. The quantitative estimate of drug-likeness (QED) is 0.917. The molecule has 0 fully saturated rings. The summed E-state index contributed by atoms with van der Waals surface area (Å²) in [5.41, 5.74) is 4.21. The molecule has 1 aliphatic heterocycles. The molecule has 1 N–H and O–H groups in total. The van der Waals surface area contributed by atoms with Gasteiger partial charge in [-0.1, -0.05) is 36.4 Å². The van der Waals surface area contributed by atoms with Crippen molar-refractivity contribution in [2.75, 3.05) is 6.54 Å². The van der Waals surface area contributed by atoms with Gasteiger partial charge in [-0.25, -0.2) is 0 Å². The zero-order valence-corrected chi connectivity index (χ0v) is 12.8. The standard InChI is InChI=1S/C19H23NO/c1-14(2)21-17-9-8-16-10-11-20-19(18(16)13-17)12-15-6-4-3-5-7-15/h3-9,13-14,19-20H,10-12H2,1-2H3. The highest BCUT2D eigenvalue weighted by molar-refractivity contribution is 5.40. The van der Waals surface area contributed by atoms with Gasteiger partial charge in [0.05, 0.1) is 6.10 Å². The Hall–Kier alpha value is -1.80. The minimum atomic E-state index is 0.215. The van der Waals surface area contributed by atoms with Gasteiger partial charge in [0.15, 0.2) is 0 Å². The van der Waals surface area contributed by atoms with Crippen LogP contribution in [0.15, 0.2) is 48.5 Å². The van der Waals surface area contributed by atoms with E-state index in [0.717, 1.165) is 25.1 Å². The van der Waals surface area contributed by atoms with Crippen LogP contribution in [0.5, 0.6) is 5.75 Å². The Labute approximate surface area is 127 Å². The van der Waals surface area contributed by atoms with Gasteiger partial charge in [0.25, 0.3) is 0 Å². The van der Waals surface area contributed by atoms with Gasteiger partial charge in [0, 0.05) is 6.04 Å². The van der Waals surface area contributed by atoms with E-state index in [1.165, 1.54) is 16.7 Å². The van der Waals surface area contributed by atoms with Crippen molar-refractivity contribution in [3.8, 4) is 5.75 Å². The Balaban J connectivity index is 1.85. The summed E-state index contributed by atoms with van der Waals surface area (Å²) in [4.78, 5) is 0. The number of hydrogen-bond donors (Lipinski definition) is 1. The van der Waals surface area contributed by atoms with Crippen molar-refractivity contribution in [3.05, 3.63) is 65.2 Å². The molecule has 0 aromatic heterocycles. The Kier molecular flexibility index (Phi) is 4.26. The molecule has 0 bridgehead atoms. The topological polar surface area (TPSA) is 21.3 Å². The van der Waals surface area contributed by atoms with Crippen LogP contribution in [0.2, 0.25) is 0 Å². The number of nitrogens with one attached hydrogen (secondary N) is 1.